The zero-order valence-electron chi connectivity index (χ0n) is 12.1. The molecule has 0 aliphatic carbocycles. The summed E-state index contributed by atoms with van der Waals surface area (Å²) in [7, 11) is 0. The van der Waals surface area contributed by atoms with E-state index in [9.17, 15) is 4.79 Å². The molecule has 0 aliphatic rings. The summed E-state index contributed by atoms with van der Waals surface area (Å²) in [6.07, 6.45) is 0. The van der Waals surface area contributed by atoms with Crippen molar-refractivity contribution >= 4 is 10.8 Å². The molecule has 21 heavy (non-hydrogen) atoms. The Labute approximate surface area is 122 Å². The Morgan fingerprint density at radius 2 is 1.81 bits per heavy atom. The average molecular weight is 280 g/mol. The molecule has 0 aliphatic heterocycles. The molecule has 1 heterocycles. The average Bonchev–Trinajstić information content (AvgIpc) is 2.48. The Hall–Kier alpha value is -2.55. The van der Waals surface area contributed by atoms with Crippen LogP contribution in [0.1, 0.15) is 12.5 Å². The molecule has 3 rings (SSSR count). The van der Waals surface area contributed by atoms with E-state index in [0.717, 1.165) is 22.1 Å². The highest BCUT2D eigenvalue weighted by Crippen LogP contribution is 2.35. The smallest absolute Gasteiger partial charge is 0.346 e. The maximum absolute atomic E-state index is 12.1. The van der Waals surface area contributed by atoms with Crippen LogP contribution in [0.25, 0.3) is 21.9 Å². The molecule has 0 saturated heterocycles. The van der Waals surface area contributed by atoms with E-state index in [1.54, 1.807) is 6.07 Å². The molecule has 0 unspecified atom stereocenters. The standard InChI is InChI=1S/C18H16O3/c1-3-20-18-16(13-8-6-7-12(2)11-13)14-9-4-5-10-15(14)17(19)21-18/h4-11H,3H2,1-2H3. The molecule has 2 aromatic carbocycles. The van der Waals surface area contributed by atoms with Crippen LogP contribution >= 0.6 is 0 Å². The normalized spacial score (nSPS) is 10.8. The predicted octanol–water partition coefficient (Wildman–Crippen LogP) is 4.17. The summed E-state index contributed by atoms with van der Waals surface area (Å²) in [6, 6.07) is 15.5. The van der Waals surface area contributed by atoms with Crippen molar-refractivity contribution in [3.63, 3.8) is 0 Å². The summed E-state index contributed by atoms with van der Waals surface area (Å²) in [5.74, 6) is 0.284. The zero-order valence-corrected chi connectivity index (χ0v) is 12.1. The highest BCUT2D eigenvalue weighted by molar-refractivity contribution is 5.97. The van der Waals surface area contributed by atoms with E-state index in [0.29, 0.717) is 12.0 Å². The van der Waals surface area contributed by atoms with Gasteiger partial charge in [0.05, 0.1) is 17.6 Å². The summed E-state index contributed by atoms with van der Waals surface area (Å²) in [4.78, 5) is 12.1. The van der Waals surface area contributed by atoms with Gasteiger partial charge >= 0.3 is 5.63 Å². The second-order valence-electron chi connectivity index (χ2n) is 4.90. The second kappa shape index (κ2) is 5.44. The molecule has 0 atom stereocenters. The van der Waals surface area contributed by atoms with E-state index >= 15 is 0 Å². The highest BCUT2D eigenvalue weighted by atomic mass is 16.6. The number of fused-ring (bicyclic) bond motifs is 1. The molecular formula is C18H16O3. The molecule has 1 aromatic heterocycles. The van der Waals surface area contributed by atoms with E-state index in [2.05, 4.69) is 6.07 Å². The van der Waals surface area contributed by atoms with Gasteiger partial charge in [0.15, 0.2) is 0 Å². The van der Waals surface area contributed by atoms with Crippen molar-refractivity contribution in [2.75, 3.05) is 6.61 Å². The molecule has 3 heteroatoms. The number of benzene rings is 2. The van der Waals surface area contributed by atoms with Crippen LogP contribution in [-0.4, -0.2) is 6.61 Å². The minimum atomic E-state index is -0.370. The Balaban J connectivity index is 2.40. The first kappa shape index (κ1) is 13.4. The lowest BCUT2D eigenvalue weighted by Crippen LogP contribution is -2.05. The van der Waals surface area contributed by atoms with Crippen LogP contribution in [0.3, 0.4) is 0 Å². The minimum absolute atomic E-state index is 0.284. The first-order chi connectivity index (χ1) is 10.2. The fourth-order valence-electron chi connectivity index (χ4n) is 2.49. The quantitative estimate of drug-likeness (QED) is 0.723. The predicted molar refractivity (Wildman–Crippen MR) is 83.8 cm³/mol. The number of rotatable bonds is 3. The second-order valence-corrected chi connectivity index (χ2v) is 4.90. The number of hydrogen-bond donors (Lipinski definition) is 0. The molecule has 0 fully saturated rings. The molecule has 106 valence electrons. The highest BCUT2D eigenvalue weighted by Gasteiger charge is 2.16. The van der Waals surface area contributed by atoms with Crippen molar-refractivity contribution in [3.05, 3.63) is 64.5 Å². The van der Waals surface area contributed by atoms with Crippen molar-refractivity contribution < 1.29 is 9.15 Å². The molecule has 0 bridgehead atoms. The lowest BCUT2D eigenvalue weighted by Gasteiger charge is -2.11. The number of hydrogen-bond acceptors (Lipinski definition) is 3. The van der Waals surface area contributed by atoms with E-state index in [-0.39, 0.29) is 11.6 Å². The lowest BCUT2D eigenvalue weighted by atomic mass is 9.99. The van der Waals surface area contributed by atoms with Gasteiger partial charge < -0.3 is 9.15 Å². The van der Waals surface area contributed by atoms with Crippen LogP contribution in [0.4, 0.5) is 0 Å². The van der Waals surface area contributed by atoms with Crippen molar-refractivity contribution in [3.8, 4) is 17.1 Å². The van der Waals surface area contributed by atoms with Crippen LogP contribution in [-0.2, 0) is 0 Å². The van der Waals surface area contributed by atoms with E-state index < -0.39 is 0 Å². The van der Waals surface area contributed by atoms with Gasteiger partial charge in [-0.15, -0.1) is 0 Å². The van der Waals surface area contributed by atoms with Gasteiger partial charge in [0, 0.05) is 5.39 Å². The third-order valence-electron chi connectivity index (χ3n) is 3.39. The molecule has 3 nitrogen and oxygen atoms in total. The topological polar surface area (TPSA) is 39.4 Å². The van der Waals surface area contributed by atoms with Crippen molar-refractivity contribution in [1.82, 2.24) is 0 Å². The molecule has 0 N–H and O–H groups in total. The molecule has 0 spiro atoms. The molecular weight excluding hydrogens is 264 g/mol. The third kappa shape index (κ3) is 2.42. The van der Waals surface area contributed by atoms with Gasteiger partial charge in [0.1, 0.15) is 0 Å². The summed E-state index contributed by atoms with van der Waals surface area (Å²) in [6.45, 7) is 4.35. The Bertz CT molecular complexity index is 846. The maximum Gasteiger partial charge on any atom is 0.346 e. The van der Waals surface area contributed by atoms with Gasteiger partial charge in [0.2, 0.25) is 0 Å². The Morgan fingerprint density at radius 1 is 1.05 bits per heavy atom. The van der Waals surface area contributed by atoms with E-state index in [1.165, 1.54) is 0 Å². The van der Waals surface area contributed by atoms with Gasteiger partial charge in [-0.25, -0.2) is 4.79 Å². The number of ether oxygens (including phenoxy) is 1. The first-order valence-electron chi connectivity index (χ1n) is 6.96. The van der Waals surface area contributed by atoms with Crippen molar-refractivity contribution in [2.45, 2.75) is 13.8 Å². The number of aryl methyl sites for hydroxylation is 1. The molecule has 3 aromatic rings. The monoisotopic (exact) mass is 280 g/mol. The van der Waals surface area contributed by atoms with Crippen LogP contribution in [0.2, 0.25) is 0 Å². The Morgan fingerprint density at radius 3 is 2.52 bits per heavy atom. The molecule has 0 radical (unpaired) electrons. The van der Waals surface area contributed by atoms with Gasteiger partial charge in [-0.1, -0.05) is 48.0 Å². The molecule has 0 amide bonds. The van der Waals surface area contributed by atoms with Crippen LogP contribution in [0, 0.1) is 6.92 Å². The van der Waals surface area contributed by atoms with Crippen LogP contribution in [0.5, 0.6) is 5.95 Å². The van der Waals surface area contributed by atoms with Gasteiger partial charge in [-0.05, 0) is 25.5 Å². The fourth-order valence-corrected chi connectivity index (χ4v) is 2.49. The Kier molecular flexibility index (Phi) is 3.48. The van der Waals surface area contributed by atoms with Gasteiger partial charge in [-0.3, -0.25) is 0 Å². The summed E-state index contributed by atoms with van der Waals surface area (Å²) in [5, 5.41) is 1.42. The van der Waals surface area contributed by atoms with Gasteiger partial charge in [0.25, 0.3) is 5.95 Å². The summed E-state index contributed by atoms with van der Waals surface area (Å²) in [5.41, 5.74) is 2.59. The maximum atomic E-state index is 12.1. The third-order valence-corrected chi connectivity index (χ3v) is 3.39. The van der Waals surface area contributed by atoms with Crippen molar-refractivity contribution in [1.29, 1.82) is 0 Å². The van der Waals surface area contributed by atoms with Crippen molar-refractivity contribution in [2.24, 2.45) is 0 Å². The fraction of sp³-hybridized carbons (Fsp3) is 0.167. The lowest BCUT2D eigenvalue weighted by molar-refractivity contribution is 0.247. The van der Waals surface area contributed by atoms with E-state index in [4.69, 9.17) is 9.15 Å². The summed E-state index contributed by atoms with van der Waals surface area (Å²) >= 11 is 0. The minimum Gasteiger partial charge on any atom is -0.465 e. The van der Waals surface area contributed by atoms with Crippen LogP contribution < -0.4 is 10.4 Å². The first-order valence-corrected chi connectivity index (χ1v) is 6.96. The summed E-state index contributed by atoms with van der Waals surface area (Å²) < 4.78 is 10.9. The van der Waals surface area contributed by atoms with Crippen LogP contribution in [0.15, 0.2) is 57.7 Å². The SMILES string of the molecule is CCOc1oc(=O)c2ccccc2c1-c1cccc(C)c1. The van der Waals surface area contributed by atoms with Gasteiger partial charge in [-0.2, -0.15) is 0 Å². The largest absolute Gasteiger partial charge is 0.465 e. The zero-order chi connectivity index (χ0) is 14.8. The molecule has 0 saturated carbocycles. The van der Waals surface area contributed by atoms with E-state index in [1.807, 2.05) is 50.2 Å².